The molecule has 1 amide bonds. The summed E-state index contributed by atoms with van der Waals surface area (Å²) < 4.78 is 5.44. The van der Waals surface area contributed by atoms with Gasteiger partial charge in [-0.15, -0.1) is 0 Å². The lowest BCUT2D eigenvalue weighted by Crippen LogP contribution is -2.45. The predicted octanol–water partition coefficient (Wildman–Crippen LogP) is 15.9. The van der Waals surface area contributed by atoms with E-state index in [9.17, 15) is 19.8 Å². The molecular formula is C54H103NO5. The summed E-state index contributed by atoms with van der Waals surface area (Å²) in [4.78, 5) is 24.5. The molecule has 2 unspecified atom stereocenters. The van der Waals surface area contributed by atoms with Gasteiger partial charge in [-0.1, -0.05) is 212 Å². The number of rotatable bonds is 49. The van der Waals surface area contributed by atoms with Crippen LogP contribution in [0.15, 0.2) is 24.3 Å². The minimum Gasteiger partial charge on any atom is -0.466 e. The first-order valence-corrected chi connectivity index (χ1v) is 26.6. The van der Waals surface area contributed by atoms with Crippen molar-refractivity contribution in [1.29, 1.82) is 0 Å². The van der Waals surface area contributed by atoms with Crippen molar-refractivity contribution in [3.63, 3.8) is 0 Å². The molecule has 0 aliphatic carbocycles. The second-order valence-electron chi connectivity index (χ2n) is 18.2. The molecule has 6 heteroatoms. The highest BCUT2D eigenvalue weighted by atomic mass is 16.5. The number of hydrogen-bond acceptors (Lipinski definition) is 5. The molecule has 6 nitrogen and oxygen atoms in total. The van der Waals surface area contributed by atoms with E-state index in [2.05, 4.69) is 43.5 Å². The van der Waals surface area contributed by atoms with Crippen LogP contribution in [0.1, 0.15) is 284 Å². The maximum absolute atomic E-state index is 12.5. The fraction of sp³-hybridized carbons (Fsp3) is 0.889. The molecule has 0 rings (SSSR count). The Balaban J connectivity index is 3.51. The number of nitrogens with one attached hydrogen (secondary N) is 1. The summed E-state index contributed by atoms with van der Waals surface area (Å²) in [6.45, 7) is 4.89. The highest BCUT2D eigenvalue weighted by molar-refractivity contribution is 5.76. The van der Waals surface area contributed by atoms with Gasteiger partial charge in [-0.2, -0.15) is 0 Å². The molecule has 0 fully saturated rings. The number of hydrogen-bond donors (Lipinski definition) is 3. The molecule has 0 aromatic rings. The van der Waals surface area contributed by atoms with Gasteiger partial charge in [-0.25, -0.2) is 0 Å². The molecule has 0 aliphatic heterocycles. The molecule has 2 atom stereocenters. The van der Waals surface area contributed by atoms with Crippen LogP contribution in [0.25, 0.3) is 0 Å². The quantitative estimate of drug-likeness (QED) is 0.0322. The fourth-order valence-electron chi connectivity index (χ4n) is 8.10. The Labute approximate surface area is 373 Å². The molecule has 0 aromatic heterocycles. The van der Waals surface area contributed by atoms with Gasteiger partial charge < -0.3 is 20.3 Å². The van der Waals surface area contributed by atoms with Crippen LogP contribution >= 0.6 is 0 Å². The zero-order valence-corrected chi connectivity index (χ0v) is 40.2. The number of esters is 1. The van der Waals surface area contributed by atoms with Crippen molar-refractivity contribution in [2.24, 2.45) is 0 Å². The summed E-state index contributed by atoms with van der Waals surface area (Å²) in [5.41, 5.74) is 0. The maximum Gasteiger partial charge on any atom is 0.305 e. The van der Waals surface area contributed by atoms with E-state index in [1.165, 1.54) is 173 Å². The smallest absolute Gasteiger partial charge is 0.305 e. The van der Waals surface area contributed by atoms with Crippen LogP contribution < -0.4 is 5.32 Å². The molecule has 60 heavy (non-hydrogen) atoms. The molecule has 0 saturated carbocycles. The standard InChI is InChI=1S/C54H103NO5/c1-3-5-7-9-11-13-15-17-19-20-21-22-26-30-34-38-42-46-52(57)51(50-56)55-53(58)47-43-39-35-31-27-24-25-29-33-37-41-45-49-60-54(59)48-44-40-36-32-28-23-18-16-14-12-10-8-6-4-2/h16,18,25,29,51-52,56-57H,3-15,17,19-24,26-28,30-50H2,1-2H3,(H,55,58)/b18-16-,29-25-. The van der Waals surface area contributed by atoms with E-state index < -0.39 is 12.1 Å². The van der Waals surface area contributed by atoms with Crippen LogP contribution in [-0.2, 0) is 14.3 Å². The second kappa shape index (κ2) is 50.0. The average molecular weight is 846 g/mol. The summed E-state index contributed by atoms with van der Waals surface area (Å²) in [6.07, 6.45) is 58.6. The minimum atomic E-state index is -0.680. The topological polar surface area (TPSA) is 95.9 Å². The fourth-order valence-corrected chi connectivity index (χ4v) is 8.10. The van der Waals surface area contributed by atoms with Gasteiger partial charge in [0.1, 0.15) is 0 Å². The summed E-state index contributed by atoms with van der Waals surface area (Å²) in [6, 6.07) is -0.560. The first kappa shape index (κ1) is 58.3. The van der Waals surface area contributed by atoms with Crippen molar-refractivity contribution >= 4 is 11.9 Å². The number of carbonyl (C=O) groups excluding carboxylic acids is 2. The van der Waals surface area contributed by atoms with Gasteiger partial charge in [0.2, 0.25) is 5.91 Å². The van der Waals surface area contributed by atoms with Gasteiger partial charge in [-0.3, -0.25) is 9.59 Å². The Morgan fingerprint density at radius 2 is 0.783 bits per heavy atom. The van der Waals surface area contributed by atoms with Crippen LogP contribution in [0, 0.1) is 0 Å². The van der Waals surface area contributed by atoms with Crippen molar-refractivity contribution < 1.29 is 24.5 Å². The number of ether oxygens (including phenoxy) is 1. The summed E-state index contributed by atoms with van der Waals surface area (Å²) >= 11 is 0. The zero-order valence-electron chi connectivity index (χ0n) is 40.2. The summed E-state index contributed by atoms with van der Waals surface area (Å²) in [7, 11) is 0. The van der Waals surface area contributed by atoms with Gasteiger partial charge in [0.05, 0.1) is 25.4 Å². The van der Waals surface area contributed by atoms with Gasteiger partial charge in [0.25, 0.3) is 0 Å². The normalized spacial score (nSPS) is 12.8. The van der Waals surface area contributed by atoms with Crippen molar-refractivity contribution in [1.82, 2.24) is 5.32 Å². The van der Waals surface area contributed by atoms with Crippen molar-refractivity contribution in [2.45, 2.75) is 296 Å². The molecule has 0 radical (unpaired) electrons. The van der Waals surface area contributed by atoms with E-state index in [0.717, 1.165) is 77.0 Å². The molecule has 0 saturated heterocycles. The zero-order chi connectivity index (χ0) is 43.7. The van der Waals surface area contributed by atoms with Crippen LogP contribution in [0.2, 0.25) is 0 Å². The Morgan fingerprint density at radius 3 is 1.18 bits per heavy atom. The minimum absolute atomic E-state index is 0.0311. The van der Waals surface area contributed by atoms with E-state index in [1.807, 2.05) is 0 Å². The Kier molecular flexibility index (Phi) is 48.6. The highest BCUT2D eigenvalue weighted by Gasteiger charge is 2.20. The lowest BCUT2D eigenvalue weighted by atomic mass is 10.0. The van der Waals surface area contributed by atoms with Gasteiger partial charge in [0.15, 0.2) is 0 Å². The predicted molar refractivity (Wildman–Crippen MR) is 260 cm³/mol. The molecule has 0 heterocycles. The number of aliphatic hydroxyl groups excluding tert-OH is 2. The van der Waals surface area contributed by atoms with Crippen LogP contribution in [0.4, 0.5) is 0 Å². The van der Waals surface area contributed by atoms with Crippen LogP contribution in [0.5, 0.6) is 0 Å². The van der Waals surface area contributed by atoms with Gasteiger partial charge in [0, 0.05) is 12.8 Å². The van der Waals surface area contributed by atoms with E-state index in [-0.39, 0.29) is 18.5 Å². The van der Waals surface area contributed by atoms with Crippen molar-refractivity contribution in [2.75, 3.05) is 13.2 Å². The lowest BCUT2D eigenvalue weighted by molar-refractivity contribution is -0.143. The van der Waals surface area contributed by atoms with Crippen molar-refractivity contribution in [3.8, 4) is 0 Å². The first-order valence-electron chi connectivity index (χ1n) is 26.6. The maximum atomic E-state index is 12.5. The van der Waals surface area contributed by atoms with Crippen LogP contribution in [0.3, 0.4) is 0 Å². The van der Waals surface area contributed by atoms with Crippen LogP contribution in [-0.4, -0.2) is 47.4 Å². The molecule has 0 aromatic carbocycles. The third-order valence-corrected chi connectivity index (χ3v) is 12.2. The largest absolute Gasteiger partial charge is 0.466 e. The van der Waals surface area contributed by atoms with Crippen molar-refractivity contribution in [3.05, 3.63) is 24.3 Å². The second-order valence-corrected chi connectivity index (χ2v) is 18.2. The number of allylic oxidation sites excluding steroid dienone is 4. The summed E-state index contributed by atoms with van der Waals surface area (Å²) in [5, 5.41) is 23.2. The molecule has 0 bridgehead atoms. The lowest BCUT2D eigenvalue weighted by Gasteiger charge is -2.22. The van der Waals surface area contributed by atoms with E-state index in [1.54, 1.807) is 0 Å². The monoisotopic (exact) mass is 846 g/mol. The summed E-state index contributed by atoms with van der Waals surface area (Å²) in [5.74, 6) is -0.0912. The Morgan fingerprint density at radius 1 is 0.450 bits per heavy atom. The Hall–Kier alpha value is -1.66. The average Bonchev–Trinajstić information content (AvgIpc) is 3.25. The third kappa shape index (κ3) is 45.9. The molecular weight excluding hydrogens is 743 g/mol. The Bertz CT molecular complexity index is 935. The van der Waals surface area contributed by atoms with Gasteiger partial charge in [-0.05, 0) is 83.5 Å². The van der Waals surface area contributed by atoms with E-state index >= 15 is 0 Å². The molecule has 3 N–H and O–H groups in total. The SMILES string of the molecule is CCCCCCC/C=C\CCCCCCCC(=O)OCCCCC/C=C\CCCCCCCC(=O)NC(CO)C(O)CCCCCCCCCCCCCCCCCCC. The third-order valence-electron chi connectivity index (χ3n) is 12.2. The number of carbonyl (C=O) groups is 2. The number of unbranched alkanes of at least 4 members (excludes halogenated alkanes) is 34. The van der Waals surface area contributed by atoms with E-state index in [4.69, 9.17) is 4.74 Å². The highest BCUT2D eigenvalue weighted by Crippen LogP contribution is 2.16. The number of amides is 1. The first-order chi connectivity index (χ1) is 29.5. The molecule has 0 spiro atoms. The molecule has 0 aliphatic rings. The van der Waals surface area contributed by atoms with E-state index in [0.29, 0.717) is 25.9 Å². The van der Waals surface area contributed by atoms with Gasteiger partial charge >= 0.3 is 5.97 Å². The molecule has 354 valence electrons. The number of aliphatic hydroxyl groups is 2.